The van der Waals surface area contributed by atoms with Crippen LogP contribution in [0.2, 0.25) is 0 Å². The lowest BCUT2D eigenvalue weighted by atomic mass is 10.2. The minimum atomic E-state index is -0.909. The molecule has 1 atom stereocenters. The van der Waals surface area contributed by atoms with Gasteiger partial charge in [0.1, 0.15) is 6.04 Å². The van der Waals surface area contributed by atoms with E-state index in [-0.39, 0.29) is 16.5 Å². The highest BCUT2D eigenvalue weighted by Gasteiger charge is 2.32. The summed E-state index contributed by atoms with van der Waals surface area (Å²) in [5.74, 6) is -1.23. The van der Waals surface area contributed by atoms with Gasteiger partial charge in [0.15, 0.2) is 5.11 Å². The molecule has 0 unspecified atom stereocenters. The van der Waals surface area contributed by atoms with Gasteiger partial charge in [0.05, 0.1) is 0 Å². The second-order valence-corrected chi connectivity index (χ2v) is 4.70. The van der Waals surface area contributed by atoms with Crippen LogP contribution < -0.4 is 5.32 Å². The van der Waals surface area contributed by atoms with Crippen LogP contribution in [0.4, 0.5) is 0 Å². The van der Waals surface area contributed by atoms with E-state index in [9.17, 15) is 9.59 Å². The molecule has 2 rings (SSSR count). The van der Waals surface area contributed by atoms with Crippen molar-refractivity contribution in [2.45, 2.75) is 18.9 Å². The SMILES string of the molecule is O.O=C(NC(=S)N1CCC[C@H]1C(=O)O)c1ccccc1. The van der Waals surface area contributed by atoms with E-state index in [0.29, 0.717) is 18.5 Å². The molecule has 108 valence electrons. The van der Waals surface area contributed by atoms with E-state index in [4.69, 9.17) is 17.3 Å². The predicted octanol–water partition coefficient (Wildman–Crippen LogP) is 0.426. The van der Waals surface area contributed by atoms with Gasteiger partial charge in [0.25, 0.3) is 5.91 Å². The van der Waals surface area contributed by atoms with Gasteiger partial charge in [0.2, 0.25) is 0 Å². The number of rotatable bonds is 2. The number of likely N-dealkylation sites (tertiary alicyclic amines) is 1. The number of thiocarbonyl (C=S) groups is 1. The number of nitrogens with zero attached hydrogens (tertiary/aromatic N) is 1. The number of aliphatic carboxylic acids is 1. The average Bonchev–Trinajstić information content (AvgIpc) is 2.89. The first-order valence-electron chi connectivity index (χ1n) is 5.99. The molecule has 1 aliphatic rings. The zero-order valence-corrected chi connectivity index (χ0v) is 11.5. The Morgan fingerprint density at radius 2 is 1.95 bits per heavy atom. The molecular weight excluding hydrogens is 280 g/mol. The maximum absolute atomic E-state index is 11.9. The number of hydrogen-bond donors (Lipinski definition) is 2. The minimum Gasteiger partial charge on any atom is -0.480 e. The Hall–Kier alpha value is -1.99. The Morgan fingerprint density at radius 1 is 1.30 bits per heavy atom. The molecule has 1 fully saturated rings. The number of carbonyl (C=O) groups excluding carboxylic acids is 1. The lowest BCUT2D eigenvalue weighted by molar-refractivity contribution is -0.140. The van der Waals surface area contributed by atoms with Gasteiger partial charge < -0.3 is 15.5 Å². The fourth-order valence-electron chi connectivity index (χ4n) is 2.10. The van der Waals surface area contributed by atoms with Crippen LogP contribution in [-0.4, -0.2) is 45.1 Å². The van der Waals surface area contributed by atoms with Gasteiger partial charge in [-0.3, -0.25) is 10.1 Å². The predicted molar refractivity (Wildman–Crippen MR) is 77.5 cm³/mol. The molecule has 0 bridgehead atoms. The topological polar surface area (TPSA) is 101 Å². The molecular formula is C13H16N2O4S. The lowest BCUT2D eigenvalue weighted by Gasteiger charge is -2.24. The van der Waals surface area contributed by atoms with Gasteiger partial charge in [-0.15, -0.1) is 0 Å². The van der Waals surface area contributed by atoms with E-state index >= 15 is 0 Å². The molecule has 0 aliphatic carbocycles. The van der Waals surface area contributed by atoms with E-state index in [0.717, 1.165) is 6.42 Å². The number of amides is 1. The maximum atomic E-state index is 11.9. The molecule has 1 saturated heterocycles. The number of carbonyl (C=O) groups is 2. The van der Waals surface area contributed by atoms with E-state index in [1.807, 2.05) is 6.07 Å². The normalized spacial score (nSPS) is 17.2. The largest absolute Gasteiger partial charge is 0.480 e. The van der Waals surface area contributed by atoms with E-state index < -0.39 is 12.0 Å². The number of benzene rings is 1. The molecule has 0 spiro atoms. The van der Waals surface area contributed by atoms with Crippen LogP contribution in [0.1, 0.15) is 23.2 Å². The van der Waals surface area contributed by atoms with Crippen molar-refractivity contribution < 1.29 is 20.2 Å². The quantitative estimate of drug-likeness (QED) is 0.770. The molecule has 6 nitrogen and oxygen atoms in total. The zero-order valence-electron chi connectivity index (χ0n) is 10.7. The Labute approximate surface area is 121 Å². The molecule has 0 radical (unpaired) electrons. The summed E-state index contributed by atoms with van der Waals surface area (Å²) >= 11 is 5.12. The summed E-state index contributed by atoms with van der Waals surface area (Å²) in [7, 11) is 0. The van der Waals surface area contributed by atoms with Crippen molar-refractivity contribution in [2.24, 2.45) is 0 Å². The highest BCUT2D eigenvalue weighted by Crippen LogP contribution is 2.17. The standard InChI is InChI=1S/C13H14N2O3S.H2O/c16-11(9-5-2-1-3-6-9)14-13(19)15-8-4-7-10(15)12(17)18;/h1-3,5-6,10H,4,7-8H2,(H,17,18)(H,14,16,19);1H2/t10-;/m0./s1. The van der Waals surface area contributed by atoms with Gasteiger partial charge in [-0.25, -0.2) is 4.79 Å². The van der Waals surface area contributed by atoms with Gasteiger partial charge in [-0.2, -0.15) is 0 Å². The molecule has 1 aliphatic heterocycles. The van der Waals surface area contributed by atoms with Crippen LogP contribution in [0.25, 0.3) is 0 Å². The van der Waals surface area contributed by atoms with Crippen LogP contribution in [0.15, 0.2) is 30.3 Å². The second-order valence-electron chi connectivity index (χ2n) is 4.31. The van der Waals surface area contributed by atoms with Gasteiger partial charge in [0, 0.05) is 12.1 Å². The lowest BCUT2D eigenvalue weighted by Crippen LogP contribution is -2.47. The third kappa shape index (κ3) is 3.52. The Bertz CT molecular complexity index is 506. The molecule has 0 saturated carbocycles. The second kappa shape index (κ2) is 6.97. The van der Waals surface area contributed by atoms with Crippen molar-refractivity contribution in [2.75, 3.05) is 6.54 Å². The van der Waals surface area contributed by atoms with Gasteiger partial charge in [-0.05, 0) is 37.2 Å². The van der Waals surface area contributed by atoms with E-state index in [1.165, 1.54) is 0 Å². The average molecular weight is 296 g/mol. The summed E-state index contributed by atoms with van der Waals surface area (Å²) in [6.07, 6.45) is 1.31. The maximum Gasteiger partial charge on any atom is 0.326 e. The van der Waals surface area contributed by atoms with Crippen molar-refractivity contribution in [1.82, 2.24) is 10.2 Å². The van der Waals surface area contributed by atoms with E-state index in [1.54, 1.807) is 29.2 Å². The molecule has 1 aromatic rings. The molecule has 7 heteroatoms. The number of hydrogen-bond acceptors (Lipinski definition) is 3. The minimum absolute atomic E-state index is 0. The van der Waals surface area contributed by atoms with Crippen molar-refractivity contribution in [3.63, 3.8) is 0 Å². The summed E-state index contributed by atoms with van der Waals surface area (Å²) in [4.78, 5) is 24.5. The monoisotopic (exact) mass is 296 g/mol. The third-order valence-electron chi connectivity index (χ3n) is 3.06. The number of carboxylic acids is 1. The van der Waals surface area contributed by atoms with Crippen LogP contribution >= 0.6 is 12.2 Å². The summed E-state index contributed by atoms with van der Waals surface area (Å²) in [5.41, 5.74) is 0.496. The molecule has 1 heterocycles. The number of carboxylic acid groups (broad SMARTS) is 1. The Morgan fingerprint density at radius 3 is 2.55 bits per heavy atom. The summed E-state index contributed by atoms with van der Waals surface area (Å²) < 4.78 is 0. The first kappa shape index (κ1) is 16.1. The number of nitrogens with one attached hydrogen (secondary N) is 1. The molecule has 1 aromatic carbocycles. The highest BCUT2D eigenvalue weighted by atomic mass is 32.1. The van der Waals surface area contributed by atoms with Gasteiger partial charge in [-0.1, -0.05) is 18.2 Å². The Balaban J connectivity index is 0.00000200. The van der Waals surface area contributed by atoms with E-state index in [2.05, 4.69) is 5.32 Å². The van der Waals surface area contributed by atoms with Gasteiger partial charge >= 0.3 is 5.97 Å². The summed E-state index contributed by atoms with van der Waals surface area (Å²) in [5, 5.41) is 11.8. The first-order valence-corrected chi connectivity index (χ1v) is 6.40. The van der Waals surface area contributed by atoms with Crippen molar-refractivity contribution in [3.8, 4) is 0 Å². The van der Waals surface area contributed by atoms with Crippen molar-refractivity contribution in [3.05, 3.63) is 35.9 Å². The first-order chi connectivity index (χ1) is 9.09. The van der Waals surface area contributed by atoms with Crippen LogP contribution in [0.5, 0.6) is 0 Å². The third-order valence-corrected chi connectivity index (χ3v) is 3.39. The summed E-state index contributed by atoms with van der Waals surface area (Å²) in [6, 6.07) is 8.05. The van der Waals surface area contributed by atoms with Crippen molar-refractivity contribution in [1.29, 1.82) is 0 Å². The molecule has 1 amide bonds. The van der Waals surface area contributed by atoms with Crippen LogP contribution in [0.3, 0.4) is 0 Å². The smallest absolute Gasteiger partial charge is 0.326 e. The summed E-state index contributed by atoms with van der Waals surface area (Å²) in [6.45, 7) is 0.560. The van der Waals surface area contributed by atoms with Crippen LogP contribution in [0, 0.1) is 0 Å². The molecule has 4 N–H and O–H groups in total. The van der Waals surface area contributed by atoms with Crippen LogP contribution in [-0.2, 0) is 4.79 Å². The fraction of sp³-hybridized carbons (Fsp3) is 0.308. The zero-order chi connectivity index (χ0) is 13.8. The molecule has 0 aromatic heterocycles. The Kier molecular flexibility index (Phi) is 5.60. The van der Waals surface area contributed by atoms with Crippen molar-refractivity contribution >= 4 is 29.2 Å². The fourth-order valence-corrected chi connectivity index (χ4v) is 2.41. The highest BCUT2D eigenvalue weighted by molar-refractivity contribution is 7.80. The molecule has 20 heavy (non-hydrogen) atoms.